The van der Waals surface area contributed by atoms with Crippen LogP contribution in [0.1, 0.15) is 36.5 Å². The number of carbonyl (C=O) groups excluding carboxylic acids is 2. The van der Waals surface area contributed by atoms with E-state index in [4.69, 9.17) is 4.74 Å². The number of rotatable bonds is 11. The second kappa shape index (κ2) is 12.3. The number of nitrogens with one attached hydrogen (secondary N) is 1. The zero-order valence-electron chi connectivity index (χ0n) is 19.1. The lowest BCUT2D eigenvalue weighted by Gasteiger charge is -2.37. The molecule has 0 heterocycles. The van der Waals surface area contributed by atoms with Gasteiger partial charge in [-0.15, -0.1) is 0 Å². The predicted octanol–water partition coefficient (Wildman–Crippen LogP) is 4.13. The molecule has 0 saturated carbocycles. The summed E-state index contributed by atoms with van der Waals surface area (Å²) in [6.07, 6.45) is -0.0241. The number of esters is 1. The Morgan fingerprint density at radius 1 is 0.882 bits per heavy atom. The topological polar surface area (TPSA) is 92.7 Å². The zero-order chi connectivity index (χ0) is 24.4. The fourth-order valence-corrected chi connectivity index (χ4v) is 4.65. The molecule has 0 radical (unpaired) electrons. The molecular formula is C27H30NO5P. The SMILES string of the molecule is CCOC(=O)C(CCC(=O)NC(c1ccccc1)(c1ccccc1)c1ccccc1)C(O)[PH2]=O. The van der Waals surface area contributed by atoms with Crippen LogP contribution in [0.25, 0.3) is 0 Å². The van der Waals surface area contributed by atoms with E-state index in [-0.39, 0.29) is 25.4 Å². The highest BCUT2D eigenvalue weighted by Gasteiger charge is 2.38. The third-order valence-electron chi connectivity index (χ3n) is 5.77. The van der Waals surface area contributed by atoms with Gasteiger partial charge in [-0.1, -0.05) is 91.0 Å². The van der Waals surface area contributed by atoms with Crippen molar-refractivity contribution in [1.29, 1.82) is 0 Å². The lowest BCUT2D eigenvalue weighted by Crippen LogP contribution is -2.48. The monoisotopic (exact) mass is 479 g/mol. The molecule has 3 aromatic rings. The second-order valence-electron chi connectivity index (χ2n) is 7.92. The van der Waals surface area contributed by atoms with Crippen molar-refractivity contribution < 1.29 is 24.0 Å². The van der Waals surface area contributed by atoms with Crippen LogP contribution in [0.3, 0.4) is 0 Å². The summed E-state index contributed by atoms with van der Waals surface area (Å²) >= 11 is 0. The van der Waals surface area contributed by atoms with E-state index < -0.39 is 31.7 Å². The third kappa shape index (κ3) is 5.82. The normalized spacial score (nSPS) is 13.4. The van der Waals surface area contributed by atoms with E-state index in [1.807, 2.05) is 91.0 Å². The van der Waals surface area contributed by atoms with Gasteiger partial charge in [0.15, 0.2) is 0 Å². The van der Waals surface area contributed by atoms with Crippen LogP contribution in [0.15, 0.2) is 91.0 Å². The molecule has 0 fully saturated rings. The molecular weight excluding hydrogens is 449 g/mol. The van der Waals surface area contributed by atoms with Crippen molar-refractivity contribution in [3.63, 3.8) is 0 Å². The first-order chi connectivity index (χ1) is 16.5. The maximum atomic E-state index is 13.4. The Morgan fingerprint density at radius 3 is 1.71 bits per heavy atom. The predicted molar refractivity (Wildman–Crippen MR) is 133 cm³/mol. The second-order valence-corrected chi connectivity index (χ2v) is 8.88. The molecule has 3 atom stereocenters. The van der Waals surface area contributed by atoms with Gasteiger partial charge in [0.25, 0.3) is 0 Å². The van der Waals surface area contributed by atoms with Gasteiger partial charge in [0, 0.05) is 6.42 Å². The summed E-state index contributed by atoms with van der Waals surface area (Å²) in [5.74, 6) is -3.29. The molecule has 1 amide bonds. The van der Waals surface area contributed by atoms with Gasteiger partial charge >= 0.3 is 5.97 Å². The number of carbonyl (C=O) groups is 2. The minimum Gasteiger partial charge on any atom is -0.466 e. The lowest BCUT2D eigenvalue weighted by atomic mass is 9.77. The van der Waals surface area contributed by atoms with E-state index in [0.717, 1.165) is 16.7 Å². The van der Waals surface area contributed by atoms with Gasteiger partial charge in [0.1, 0.15) is 11.4 Å². The molecule has 7 heteroatoms. The van der Waals surface area contributed by atoms with Gasteiger partial charge in [0.2, 0.25) is 5.91 Å². The molecule has 3 aromatic carbocycles. The number of benzene rings is 3. The highest BCUT2D eigenvalue weighted by atomic mass is 31.1. The first-order valence-corrected chi connectivity index (χ1v) is 12.4. The average Bonchev–Trinajstić information content (AvgIpc) is 2.89. The fourth-order valence-electron chi connectivity index (χ4n) is 4.11. The van der Waals surface area contributed by atoms with Crippen molar-refractivity contribution in [3.8, 4) is 0 Å². The van der Waals surface area contributed by atoms with E-state index in [1.165, 1.54) is 0 Å². The molecule has 34 heavy (non-hydrogen) atoms. The van der Waals surface area contributed by atoms with Gasteiger partial charge in [-0.3, -0.25) is 9.59 Å². The molecule has 0 bridgehead atoms. The molecule has 2 N–H and O–H groups in total. The molecule has 178 valence electrons. The maximum absolute atomic E-state index is 13.4. The van der Waals surface area contributed by atoms with Gasteiger partial charge in [-0.05, 0) is 30.0 Å². The first kappa shape index (κ1) is 25.4. The molecule has 0 aliphatic rings. The summed E-state index contributed by atoms with van der Waals surface area (Å²) in [6.45, 7) is 1.80. The fraction of sp³-hybridized carbons (Fsp3) is 0.259. The molecule has 3 unspecified atom stereocenters. The molecule has 3 rings (SSSR count). The highest BCUT2D eigenvalue weighted by Crippen LogP contribution is 2.37. The Labute approximate surface area is 201 Å². The molecule has 0 aliphatic carbocycles. The van der Waals surface area contributed by atoms with Crippen molar-refractivity contribution >= 4 is 20.3 Å². The smallest absolute Gasteiger partial charge is 0.312 e. The number of ether oxygens (including phenoxy) is 1. The zero-order valence-corrected chi connectivity index (χ0v) is 20.2. The van der Waals surface area contributed by atoms with Crippen LogP contribution in [0, 0.1) is 5.92 Å². The van der Waals surface area contributed by atoms with Crippen molar-refractivity contribution in [2.75, 3.05) is 6.61 Å². The van der Waals surface area contributed by atoms with Crippen LogP contribution in [0.4, 0.5) is 0 Å². The van der Waals surface area contributed by atoms with Crippen LogP contribution in [-0.2, 0) is 24.4 Å². The molecule has 0 saturated heterocycles. The summed E-state index contributed by atoms with van der Waals surface area (Å²) in [4.78, 5) is 25.6. The minimum absolute atomic E-state index is 0.0233. The first-order valence-electron chi connectivity index (χ1n) is 11.3. The van der Waals surface area contributed by atoms with E-state index in [0.29, 0.717) is 0 Å². The van der Waals surface area contributed by atoms with Crippen LogP contribution in [0.2, 0.25) is 0 Å². The highest BCUT2D eigenvalue weighted by molar-refractivity contribution is 7.24. The van der Waals surface area contributed by atoms with Gasteiger partial charge in [-0.25, -0.2) is 0 Å². The summed E-state index contributed by atoms with van der Waals surface area (Å²) in [5.41, 5.74) is 1.67. The number of aliphatic hydroxyl groups is 1. The Morgan fingerprint density at radius 2 is 1.32 bits per heavy atom. The summed E-state index contributed by atoms with van der Waals surface area (Å²) in [6, 6.07) is 29.1. The van der Waals surface area contributed by atoms with Crippen LogP contribution < -0.4 is 5.32 Å². The number of amides is 1. The lowest BCUT2D eigenvalue weighted by molar-refractivity contribution is -0.150. The molecule has 0 spiro atoms. The number of aliphatic hydroxyl groups excluding tert-OH is 1. The number of hydrogen-bond acceptors (Lipinski definition) is 5. The molecule has 0 aromatic heterocycles. The maximum Gasteiger partial charge on any atom is 0.312 e. The van der Waals surface area contributed by atoms with Crippen molar-refractivity contribution in [2.24, 2.45) is 5.92 Å². The quantitative estimate of drug-likeness (QED) is 0.245. The Hall–Kier alpha value is -3.21. The summed E-state index contributed by atoms with van der Waals surface area (Å²) < 4.78 is 16.3. The van der Waals surface area contributed by atoms with Crippen molar-refractivity contribution in [3.05, 3.63) is 108 Å². The van der Waals surface area contributed by atoms with Gasteiger partial charge < -0.3 is 19.7 Å². The van der Waals surface area contributed by atoms with Crippen LogP contribution in [-0.4, -0.2) is 29.4 Å². The van der Waals surface area contributed by atoms with Crippen molar-refractivity contribution in [2.45, 2.75) is 31.1 Å². The Balaban J connectivity index is 1.98. The largest absolute Gasteiger partial charge is 0.466 e. The van der Waals surface area contributed by atoms with E-state index in [1.54, 1.807) is 6.92 Å². The van der Waals surface area contributed by atoms with E-state index >= 15 is 0 Å². The summed E-state index contributed by atoms with van der Waals surface area (Å²) in [7, 11) is -1.60. The minimum atomic E-state index is -1.60. The van der Waals surface area contributed by atoms with Gasteiger partial charge in [-0.2, -0.15) is 0 Å². The summed E-state index contributed by atoms with van der Waals surface area (Å²) in [5, 5.41) is 13.3. The Kier molecular flexibility index (Phi) is 9.20. The van der Waals surface area contributed by atoms with Crippen molar-refractivity contribution in [1.82, 2.24) is 5.32 Å². The Bertz CT molecular complexity index is 979. The van der Waals surface area contributed by atoms with Crippen LogP contribution >= 0.6 is 8.46 Å². The van der Waals surface area contributed by atoms with Gasteiger partial charge in [0.05, 0.1) is 21.0 Å². The molecule has 0 aliphatic heterocycles. The molecule has 6 nitrogen and oxygen atoms in total. The van der Waals surface area contributed by atoms with Crippen LogP contribution in [0.5, 0.6) is 0 Å². The van der Waals surface area contributed by atoms with E-state index in [9.17, 15) is 19.3 Å². The average molecular weight is 480 g/mol. The third-order valence-corrected chi connectivity index (χ3v) is 6.51. The van der Waals surface area contributed by atoms with E-state index in [2.05, 4.69) is 5.32 Å². The standard InChI is InChI=1S/C27H30NO5P/c1-2-33-25(30)23(26(31)34-32)18-19-24(29)28-27(20-12-6-3-7-13-20,21-14-8-4-9-15-21)22-16-10-5-11-17-22/h3-17,23,26,31H,2,18-19,34H2,1H3,(H,28,29). The number of hydrogen-bond donors (Lipinski definition) is 2.